The van der Waals surface area contributed by atoms with Crippen molar-refractivity contribution in [2.45, 2.75) is 41.7 Å². The summed E-state index contributed by atoms with van der Waals surface area (Å²) in [5.74, 6) is 0. The van der Waals surface area contributed by atoms with E-state index < -0.39 is 10.0 Å². The first-order valence-electron chi connectivity index (χ1n) is 5.69. The Labute approximate surface area is 114 Å². The molecule has 2 N–H and O–H groups in total. The fraction of sp³-hybridized carbons (Fsp3) is 0.700. The molecule has 0 radical (unpaired) electrons. The third-order valence-corrected chi connectivity index (χ3v) is 7.35. The molecule has 0 aromatic carbocycles. The lowest BCUT2D eigenvalue weighted by atomic mass is 10.3. The number of thioether (sulfide) groups is 1. The minimum absolute atomic E-state index is 0.0263. The number of hydrogen-bond donors (Lipinski definition) is 2. The molecular formula is C10H16N2O3S3. The minimum atomic E-state index is -3.57. The van der Waals surface area contributed by atoms with Crippen LogP contribution in [0.25, 0.3) is 0 Å². The summed E-state index contributed by atoms with van der Waals surface area (Å²) in [4.78, 5) is 13.4. The Morgan fingerprint density at radius 1 is 1.44 bits per heavy atom. The highest BCUT2D eigenvalue weighted by atomic mass is 32.2. The van der Waals surface area contributed by atoms with Crippen molar-refractivity contribution >= 4 is 33.1 Å². The van der Waals surface area contributed by atoms with Crippen molar-refractivity contribution in [1.29, 1.82) is 0 Å². The predicted octanol–water partition coefficient (Wildman–Crippen LogP) is 1.31. The number of H-pyrrole nitrogens is 1. The second kappa shape index (κ2) is 5.36. The zero-order chi connectivity index (χ0) is 13.3. The van der Waals surface area contributed by atoms with Gasteiger partial charge in [-0.05, 0) is 26.0 Å². The third kappa shape index (κ3) is 2.81. The van der Waals surface area contributed by atoms with Gasteiger partial charge in [0.2, 0.25) is 0 Å². The number of hydrogen-bond acceptors (Lipinski definition) is 5. The van der Waals surface area contributed by atoms with E-state index in [4.69, 9.17) is 0 Å². The van der Waals surface area contributed by atoms with Crippen LogP contribution in [-0.2, 0) is 10.0 Å². The smallest absolute Gasteiger partial charge is 0.305 e. The Morgan fingerprint density at radius 2 is 2.17 bits per heavy atom. The first kappa shape index (κ1) is 14.1. The van der Waals surface area contributed by atoms with Crippen molar-refractivity contribution in [2.24, 2.45) is 0 Å². The van der Waals surface area contributed by atoms with Crippen LogP contribution < -0.4 is 9.60 Å². The SMILES string of the molecule is CSC1CCCC1NS(=O)(=O)c1sc(=O)[nH]c1C. The molecule has 1 heterocycles. The average molecular weight is 308 g/mol. The van der Waals surface area contributed by atoms with E-state index in [1.54, 1.807) is 18.7 Å². The molecule has 0 amide bonds. The van der Waals surface area contributed by atoms with Gasteiger partial charge in [0.25, 0.3) is 10.0 Å². The van der Waals surface area contributed by atoms with Gasteiger partial charge in [-0.1, -0.05) is 17.8 Å². The summed E-state index contributed by atoms with van der Waals surface area (Å²) < 4.78 is 27.3. The lowest BCUT2D eigenvalue weighted by Gasteiger charge is -2.18. The molecule has 0 aliphatic heterocycles. The van der Waals surface area contributed by atoms with Gasteiger partial charge in [-0.15, -0.1) is 0 Å². The summed E-state index contributed by atoms with van der Waals surface area (Å²) in [6.45, 7) is 1.60. The second-order valence-electron chi connectivity index (χ2n) is 4.36. The zero-order valence-corrected chi connectivity index (χ0v) is 12.7. The van der Waals surface area contributed by atoms with Gasteiger partial charge in [-0.3, -0.25) is 4.79 Å². The maximum atomic E-state index is 12.2. The zero-order valence-electron chi connectivity index (χ0n) is 10.2. The molecule has 1 aliphatic rings. The van der Waals surface area contributed by atoms with Crippen LogP contribution in [0.2, 0.25) is 0 Å². The number of aromatic nitrogens is 1. The van der Waals surface area contributed by atoms with Crippen LogP contribution >= 0.6 is 23.1 Å². The molecule has 5 nitrogen and oxygen atoms in total. The van der Waals surface area contributed by atoms with Gasteiger partial charge >= 0.3 is 4.87 Å². The van der Waals surface area contributed by atoms with Crippen molar-refractivity contribution < 1.29 is 8.42 Å². The summed E-state index contributed by atoms with van der Waals surface area (Å²) in [6, 6.07) is -0.0263. The van der Waals surface area contributed by atoms with Crippen molar-refractivity contribution in [1.82, 2.24) is 9.71 Å². The molecule has 8 heteroatoms. The van der Waals surface area contributed by atoms with Gasteiger partial charge in [0.15, 0.2) is 4.21 Å². The fourth-order valence-corrected chi connectivity index (χ4v) is 5.89. The average Bonchev–Trinajstić information content (AvgIpc) is 2.84. The van der Waals surface area contributed by atoms with Crippen LogP contribution in [0, 0.1) is 6.92 Å². The van der Waals surface area contributed by atoms with Crippen molar-refractivity contribution in [3.8, 4) is 0 Å². The highest BCUT2D eigenvalue weighted by Crippen LogP contribution is 2.30. The normalized spacial score (nSPS) is 24.6. The number of aromatic amines is 1. The molecule has 1 saturated carbocycles. The molecule has 2 unspecified atom stereocenters. The van der Waals surface area contributed by atoms with Gasteiger partial charge in [-0.25, -0.2) is 13.1 Å². The highest BCUT2D eigenvalue weighted by molar-refractivity contribution is 7.99. The van der Waals surface area contributed by atoms with Gasteiger partial charge in [0.05, 0.1) is 0 Å². The molecule has 2 rings (SSSR count). The second-order valence-corrected chi connectivity index (χ2v) is 8.33. The van der Waals surface area contributed by atoms with E-state index in [9.17, 15) is 13.2 Å². The van der Waals surface area contributed by atoms with Crippen LogP contribution in [0.5, 0.6) is 0 Å². The highest BCUT2D eigenvalue weighted by Gasteiger charge is 2.32. The summed E-state index contributed by atoms with van der Waals surface area (Å²) in [6.07, 6.45) is 4.94. The molecule has 0 spiro atoms. The molecule has 18 heavy (non-hydrogen) atoms. The van der Waals surface area contributed by atoms with Crippen molar-refractivity contribution in [2.75, 3.05) is 6.26 Å². The van der Waals surface area contributed by atoms with Crippen molar-refractivity contribution in [3.63, 3.8) is 0 Å². The standard InChI is InChI=1S/C10H16N2O3S3/c1-6-9(17-10(13)11-6)18(14,15)12-7-4-3-5-8(7)16-2/h7-8,12H,3-5H2,1-2H3,(H,11,13). The lowest BCUT2D eigenvalue weighted by molar-refractivity contribution is 0.556. The molecule has 1 aliphatic carbocycles. The summed E-state index contributed by atoms with van der Waals surface area (Å²) in [5, 5.41) is 0.329. The summed E-state index contributed by atoms with van der Waals surface area (Å²) in [7, 11) is -3.57. The Bertz CT molecular complexity index is 575. The molecular weight excluding hydrogens is 292 g/mol. The van der Waals surface area contributed by atoms with E-state index >= 15 is 0 Å². The molecule has 0 bridgehead atoms. The van der Waals surface area contributed by atoms with Crippen LogP contribution in [0.4, 0.5) is 0 Å². The third-order valence-electron chi connectivity index (χ3n) is 3.09. The fourth-order valence-electron chi connectivity index (χ4n) is 2.24. The van der Waals surface area contributed by atoms with Crippen molar-refractivity contribution in [3.05, 3.63) is 15.4 Å². The van der Waals surface area contributed by atoms with Crippen LogP contribution in [0.1, 0.15) is 25.0 Å². The van der Waals surface area contributed by atoms with E-state index in [2.05, 4.69) is 9.71 Å². The van der Waals surface area contributed by atoms with Gasteiger partial charge in [0.1, 0.15) is 0 Å². The maximum absolute atomic E-state index is 12.2. The Hall–Kier alpha value is -0.310. The topological polar surface area (TPSA) is 79.0 Å². The van der Waals surface area contributed by atoms with E-state index in [-0.39, 0.29) is 15.1 Å². The van der Waals surface area contributed by atoms with Gasteiger partial charge < -0.3 is 4.98 Å². The maximum Gasteiger partial charge on any atom is 0.305 e. The number of sulfonamides is 1. The quantitative estimate of drug-likeness (QED) is 0.879. The van der Waals surface area contributed by atoms with E-state index in [0.29, 0.717) is 10.9 Å². The number of aryl methyl sites for hydroxylation is 1. The largest absolute Gasteiger partial charge is 0.315 e. The molecule has 1 aromatic rings. The Kier molecular flexibility index (Phi) is 4.20. The number of thiazole rings is 1. The molecule has 0 saturated heterocycles. The Morgan fingerprint density at radius 3 is 2.72 bits per heavy atom. The lowest BCUT2D eigenvalue weighted by Crippen LogP contribution is -2.38. The summed E-state index contributed by atoms with van der Waals surface area (Å²) in [5.41, 5.74) is 0.413. The minimum Gasteiger partial charge on any atom is -0.315 e. The van der Waals surface area contributed by atoms with Gasteiger partial charge in [-0.2, -0.15) is 11.8 Å². The summed E-state index contributed by atoms with van der Waals surface area (Å²) >= 11 is 2.44. The van der Waals surface area contributed by atoms with Crippen LogP contribution in [0.15, 0.2) is 9.00 Å². The molecule has 1 aromatic heterocycles. The first-order valence-corrected chi connectivity index (χ1v) is 9.27. The monoisotopic (exact) mass is 308 g/mol. The molecule has 102 valence electrons. The predicted molar refractivity (Wildman–Crippen MR) is 74.9 cm³/mol. The van der Waals surface area contributed by atoms with Crippen LogP contribution in [0.3, 0.4) is 0 Å². The van der Waals surface area contributed by atoms with E-state index in [0.717, 1.165) is 30.6 Å². The molecule has 1 fully saturated rings. The number of rotatable bonds is 4. The first-order chi connectivity index (χ1) is 8.44. The number of nitrogens with one attached hydrogen (secondary N) is 2. The Balaban J connectivity index is 2.22. The van der Waals surface area contributed by atoms with Gasteiger partial charge in [0, 0.05) is 17.0 Å². The van der Waals surface area contributed by atoms with Crippen LogP contribution in [-0.4, -0.2) is 30.9 Å². The van der Waals surface area contributed by atoms with E-state index in [1.165, 1.54) is 0 Å². The van der Waals surface area contributed by atoms with E-state index in [1.807, 2.05) is 6.26 Å². The molecule has 2 atom stereocenters.